The average Bonchev–Trinajstić information content (AvgIpc) is 2.59. The molecule has 0 fully saturated rings. The minimum atomic E-state index is -0.621. The molecule has 1 rings (SSSR count). The van der Waals surface area contributed by atoms with Crippen molar-refractivity contribution >= 4 is 17.9 Å². The summed E-state index contributed by atoms with van der Waals surface area (Å²) in [4.78, 5) is 24.0. The van der Waals surface area contributed by atoms with Gasteiger partial charge >= 0.3 is 0 Å². The number of ether oxygens (including phenoxy) is 2. The van der Waals surface area contributed by atoms with Crippen LogP contribution in [0.25, 0.3) is 6.08 Å². The van der Waals surface area contributed by atoms with Crippen molar-refractivity contribution in [2.75, 3.05) is 20.8 Å². The van der Waals surface area contributed by atoms with Crippen LogP contribution in [-0.2, 0) is 14.3 Å². The van der Waals surface area contributed by atoms with E-state index >= 15 is 0 Å². The molecule has 0 aromatic heterocycles. The molecule has 2 N–H and O–H groups in total. The van der Waals surface area contributed by atoms with E-state index in [0.717, 1.165) is 17.7 Å². The Bertz CT molecular complexity index is 555. The first-order valence-corrected chi connectivity index (χ1v) is 7.92. The smallest absolute Gasteiger partial charge is 0.244 e. The first-order valence-electron chi connectivity index (χ1n) is 7.92. The first-order chi connectivity index (χ1) is 11.5. The van der Waals surface area contributed by atoms with Crippen molar-refractivity contribution in [2.45, 2.75) is 32.4 Å². The summed E-state index contributed by atoms with van der Waals surface area (Å²) in [5.74, 6) is 0.196. The highest BCUT2D eigenvalue weighted by atomic mass is 16.5. The van der Waals surface area contributed by atoms with E-state index in [-0.39, 0.29) is 17.9 Å². The summed E-state index contributed by atoms with van der Waals surface area (Å²) in [5.41, 5.74) is 0.870. The lowest BCUT2D eigenvalue weighted by Crippen LogP contribution is -2.48. The maximum Gasteiger partial charge on any atom is 0.244 e. The summed E-state index contributed by atoms with van der Waals surface area (Å²) in [5, 5.41) is 5.48. The number of amides is 2. The molecule has 1 aromatic carbocycles. The molecule has 132 valence electrons. The number of benzene rings is 1. The molecule has 24 heavy (non-hydrogen) atoms. The lowest BCUT2D eigenvalue weighted by molar-refractivity contribution is -0.127. The summed E-state index contributed by atoms with van der Waals surface area (Å²) in [6, 6.07) is 6.63. The van der Waals surface area contributed by atoms with Crippen LogP contribution in [0.4, 0.5) is 0 Å². The summed E-state index contributed by atoms with van der Waals surface area (Å²) >= 11 is 0. The van der Waals surface area contributed by atoms with E-state index in [1.54, 1.807) is 27.2 Å². The van der Waals surface area contributed by atoms with E-state index in [9.17, 15) is 9.59 Å². The Labute approximate surface area is 143 Å². The summed E-state index contributed by atoms with van der Waals surface area (Å²) in [6.07, 6.45) is 3.84. The molecule has 6 nitrogen and oxygen atoms in total. The third kappa shape index (κ3) is 6.83. The number of nitrogens with one attached hydrogen (secondary N) is 2. The predicted molar refractivity (Wildman–Crippen MR) is 93.7 cm³/mol. The Kier molecular flexibility index (Phi) is 8.57. The van der Waals surface area contributed by atoms with E-state index < -0.39 is 6.04 Å². The molecule has 0 saturated heterocycles. The molecule has 6 heteroatoms. The van der Waals surface area contributed by atoms with Gasteiger partial charge in [-0.2, -0.15) is 0 Å². The standard InChI is InChI=1S/C18H26N2O4/c1-5-15(12-23-3)20-18(22)13(2)19-17(21)11-8-14-6-9-16(24-4)10-7-14/h6-11,13,15H,5,12H2,1-4H3,(H,19,21)(H,20,22)/b11-8+/t13-,15-/m1/s1. The van der Waals surface area contributed by atoms with Gasteiger partial charge < -0.3 is 20.1 Å². The summed E-state index contributed by atoms with van der Waals surface area (Å²) < 4.78 is 10.1. The van der Waals surface area contributed by atoms with Crippen LogP contribution in [0.15, 0.2) is 30.3 Å². The van der Waals surface area contributed by atoms with Crippen LogP contribution in [-0.4, -0.2) is 44.7 Å². The second-order valence-corrected chi connectivity index (χ2v) is 5.41. The van der Waals surface area contributed by atoms with Gasteiger partial charge in [0.25, 0.3) is 0 Å². The molecule has 0 unspecified atom stereocenters. The zero-order valence-electron chi connectivity index (χ0n) is 14.7. The van der Waals surface area contributed by atoms with Crippen LogP contribution in [0.1, 0.15) is 25.8 Å². The molecule has 0 radical (unpaired) electrons. The van der Waals surface area contributed by atoms with Gasteiger partial charge in [0.15, 0.2) is 0 Å². The van der Waals surface area contributed by atoms with Crippen LogP contribution in [0.2, 0.25) is 0 Å². The highest BCUT2D eigenvalue weighted by Gasteiger charge is 2.17. The quantitative estimate of drug-likeness (QED) is 0.675. The largest absolute Gasteiger partial charge is 0.497 e. The molecule has 0 aliphatic carbocycles. The van der Waals surface area contributed by atoms with Crippen LogP contribution in [0.3, 0.4) is 0 Å². The van der Waals surface area contributed by atoms with E-state index in [0.29, 0.717) is 6.61 Å². The fourth-order valence-electron chi connectivity index (χ4n) is 2.00. The minimum Gasteiger partial charge on any atom is -0.497 e. The Morgan fingerprint density at radius 3 is 2.38 bits per heavy atom. The third-order valence-electron chi connectivity index (χ3n) is 3.50. The van der Waals surface area contributed by atoms with E-state index in [1.807, 2.05) is 31.2 Å². The van der Waals surface area contributed by atoms with Crippen molar-refractivity contribution in [1.29, 1.82) is 0 Å². The van der Waals surface area contributed by atoms with Gasteiger partial charge in [-0.3, -0.25) is 9.59 Å². The van der Waals surface area contributed by atoms with Crippen molar-refractivity contribution in [3.8, 4) is 5.75 Å². The Morgan fingerprint density at radius 2 is 1.83 bits per heavy atom. The predicted octanol–water partition coefficient (Wildman–Crippen LogP) is 1.75. The van der Waals surface area contributed by atoms with Crippen LogP contribution in [0.5, 0.6) is 5.75 Å². The zero-order chi connectivity index (χ0) is 17.9. The number of hydrogen-bond donors (Lipinski definition) is 2. The number of carbonyl (C=O) groups is 2. The molecule has 2 atom stereocenters. The molecule has 0 spiro atoms. The monoisotopic (exact) mass is 334 g/mol. The second kappa shape index (κ2) is 10.4. The van der Waals surface area contributed by atoms with Gasteiger partial charge in [0, 0.05) is 13.2 Å². The lowest BCUT2D eigenvalue weighted by atomic mass is 10.2. The fourth-order valence-corrected chi connectivity index (χ4v) is 2.00. The topological polar surface area (TPSA) is 76.7 Å². The fraction of sp³-hybridized carbons (Fsp3) is 0.444. The molecule has 0 aliphatic heterocycles. The summed E-state index contributed by atoms with van der Waals surface area (Å²) in [6.45, 7) is 4.05. The molecular weight excluding hydrogens is 308 g/mol. The highest BCUT2D eigenvalue weighted by molar-refractivity contribution is 5.95. The molecule has 0 bridgehead atoms. The minimum absolute atomic E-state index is 0.0586. The molecule has 0 heterocycles. The Morgan fingerprint density at radius 1 is 1.17 bits per heavy atom. The molecule has 1 aromatic rings. The molecule has 2 amide bonds. The number of methoxy groups -OCH3 is 2. The van der Waals surface area contributed by atoms with Crippen molar-refractivity contribution in [1.82, 2.24) is 10.6 Å². The van der Waals surface area contributed by atoms with Gasteiger partial charge in [-0.05, 0) is 37.1 Å². The van der Waals surface area contributed by atoms with Crippen molar-refractivity contribution in [2.24, 2.45) is 0 Å². The normalized spacial score (nSPS) is 13.3. The third-order valence-corrected chi connectivity index (χ3v) is 3.50. The van der Waals surface area contributed by atoms with Crippen molar-refractivity contribution in [3.63, 3.8) is 0 Å². The van der Waals surface area contributed by atoms with Gasteiger partial charge in [-0.25, -0.2) is 0 Å². The Hall–Kier alpha value is -2.34. The summed E-state index contributed by atoms with van der Waals surface area (Å²) in [7, 11) is 3.18. The van der Waals surface area contributed by atoms with Gasteiger partial charge in [0.1, 0.15) is 11.8 Å². The first kappa shape index (κ1) is 19.7. The number of rotatable bonds is 9. The van der Waals surface area contributed by atoms with Gasteiger partial charge in [0.2, 0.25) is 11.8 Å². The highest BCUT2D eigenvalue weighted by Crippen LogP contribution is 2.12. The van der Waals surface area contributed by atoms with Gasteiger partial charge in [0.05, 0.1) is 19.8 Å². The Balaban J connectivity index is 2.50. The van der Waals surface area contributed by atoms with E-state index in [4.69, 9.17) is 9.47 Å². The van der Waals surface area contributed by atoms with E-state index in [2.05, 4.69) is 10.6 Å². The molecular formula is C18H26N2O4. The number of carbonyl (C=O) groups excluding carboxylic acids is 2. The number of hydrogen-bond acceptors (Lipinski definition) is 4. The van der Waals surface area contributed by atoms with E-state index in [1.165, 1.54) is 6.08 Å². The SMILES string of the molecule is CC[C@H](COC)NC(=O)[C@@H](C)NC(=O)/C=C/c1ccc(OC)cc1. The van der Waals surface area contributed by atoms with Gasteiger partial charge in [-0.15, -0.1) is 0 Å². The maximum atomic E-state index is 12.0. The second-order valence-electron chi connectivity index (χ2n) is 5.41. The molecule has 0 saturated carbocycles. The zero-order valence-corrected chi connectivity index (χ0v) is 14.7. The van der Waals surface area contributed by atoms with Crippen LogP contribution >= 0.6 is 0 Å². The van der Waals surface area contributed by atoms with Gasteiger partial charge in [-0.1, -0.05) is 19.1 Å². The van der Waals surface area contributed by atoms with Crippen LogP contribution in [0, 0.1) is 0 Å². The molecule has 0 aliphatic rings. The van der Waals surface area contributed by atoms with Crippen molar-refractivity contribution < 1.29 is 19.1 Å². The van der Waals surface area contributed by atoms with Crippen LogP contribution < -0.4 is 15.4 Å². The van der Waals surface area contributed by atoms with Crippen molar-refractivity contribution in [3.05, 3.63) is 35.9 Å². The average molecular weight is 334 g/mol. The maximum absolute atomic E-state index is 12.0. The lowest BCUT2D eigenvalue weighted by Gasteiger charge is -2.19.